The van der Waals surface area contributed by atoms with Crippen LogP contribution in [0.4, 0.5) is 5.69 Å². The lowest BCUT2D eigenvalue weighted by molar-refractivity contribution is -0.118. The molecule has 0 radical (unpaired) electrons. The SMILES string of the molecule is CC(C)CCCC(C)NC(=O)c1cccc(NC(=O)C(C)C)c1. The van der Waals surface area contributed by atoms with Gasteiger partial charge in [0.25, 0.3) is 5.91 Å². The summed E-state index contributed by atoms with van der Waals surface area (Å²) in [5.41, 5.74) is 1.23. The predicted molar refractivity (Wildman–Crippen MR) is 95.5 cm³/mol. The summed E-state index contributed by atoms with van der Waals surface area (Å²) in [4.78, 5) is 24.0. The van der Waals surface area contributed by atoms with E-state index in [0.29, 0.717) is 17.2 Å². The number of hydrogen-bond donors (Lipinski definition) is 2. The molecule has 4 heteroatoms. The summed E-state index contributed by atoms with van der Waals surface area (Å²) in [6.07, 6.45) is 3.27. The molecular formula is C19H30N2O2. The van der Waals surface area contributed by atoms with Crippen LogP contribution < -0.4 is 10.6 Å². The van der Waals surface area contributed by atoms with Crippen LogP contribution in [0, 0.1) is 11.8 Å². The molecular weight excluding hydrogens is 288 g/mol. The third kappa shape index (κ3) is 7.31. The van der Waals surface area contributed by atoms with Gasteiger partial charge in [-0.2, -0.15) is 0 Å². The lowest BCUT2D eigenvalue weighted by Crippen LogP contribution is -2.32. The van der Waals surface area contributed by atoms with Crippen molar-refractivity contribution in [1.29, 1.82) is 0 Å². The molecule has 2 amide bonds. The average molecular weight is 318 g/mol. The second kappa shape index (κ2) is 9.33. The molecule has 0 heterocycles. The second-order valence-corrected chi connectivity index (χ2v) is 6.92. The van der Waals surface area contributed by atoms with Crippen LogP contribution in [0.3, 0.4) is 0 Å². The highest BCUT2D eigenvalue weighted by molar-refractivity contribution is 5.97. The molecule has 1 aromatic carbocycles. The van der Waals surface area contributed by atoms with Crippen LogP contribution in [-0.4, -0.2) is 17.9 Å². The van der Waals surface area contributed by atoms with Crippen molar-refractivity contribution in [3.63, 3.8) is 0 Å². The Morgan fingerprint density at radius 3 is 2.35 bits per heavy atom. The van der Waals surface area contributed by atoms with Gasteiger partial charge in [0.2, 0.25) is 5.91 Å². The highest BCUT2D eigenvalue weighted by atomic mass is 16.2. The number of rotatable bonds is 8. The van der Waals surface area contributed by atoms with Gasteiger partial charge in [0.05, 0.1) is 0 Å². The van der Waals surface area contributed by atoms with Crippen molar-refractivity contribution in [2.24, 2.45) is 11.8 Å². The number of benzene rings is 1. The maximum Gasteiger partial charge on any atom is 0.251 e. The Balaban J connectivity index is 2.57. The number of nitrogens with one attached hydrogen (secondary N) is 2. The van der Waals surface area contributed by atoms with Gasteiger partial charge >= 0.3 is 0 Å². The van der Waals surface area contributed by atoms with Crippen LogP contribution in [-0.2, 0) is 4.79 Å². The van der Waals surface area contributed by atoms with Crippen LogP contribution in [0.1, 0.15) is 64.2 Å². The zero-order valence-corrected chi connectivity index (χ0v) is 15.0. The number of carbonyl (C=O) groups excluding carboxylic acids is 2. The molecule has 0 spiro atoms. The molecule has 0 saturated heterocycles. The van der Waals surface area contributed by atoms with Crippen molar-refractivity contribution in [3.05, 3.63) is 29.8 Å². The topological polar surface area (TPSA) is 58.2 Å². The molecule has 1 rings (SSSR count). The quantitative estimate of drug-likeness (QED) is 0.753. The molecule has 1 unspecified atom stereocenters. The van der Waals surface area contributed by atoms with Crippen molar-refractivity contribution >= 4 is 17.5 Å². The first-order valence-electron chi connectivity index (χ1n) is 8.51. The summed E-state index contributed by atoms with van der Waals surface area (Å²) in [5, 5.41) is 5.84. The van der Waals surface area contributed by atoms with Gasteiger partial charge in [0, 0.05) is 23.2 Å². The van der Waals surface area contributed by atoms with Crippen molar-refractivity contribution in [2.45, 2.75) is 59.9 Å². The van der Waals surface area contributed by atoms with E-state index >= 15 is 0 Å². The predicted octanol–water partition coefficient (Wildman–Crippen LogP) is 4.23. The van der Waals surface area contributed by atoms with Gasteiger partial charge in [-0.1, -0.05) is 46.6 Å². The maximum atomic E-state index is 12.3. The minimum atomic E-state index is -0.0947. The Hall–Kier alpha value is -1.84. The van der Waals surface area contributed by atoms with E-state index in [1.54, 1.807) is 24.3 Å². The summed E-state index contributed by atoms with van der Waals surface area (Å²) < 4.78 is 0. The minimum Gasteiger partial charge on any atom is -0.350 e. The molecule has 0 saturated carbocycles. The van der Waals surface area contributed by atoms with Crippen molar-refractivity contribution in [3.8, 4) is 0 Å². The van der Waals surface area contributed by atoms with E-state index in [9.17, 15) is 9.59 Å². The molecule has 0 aromatic heterocycles. The van der Waals surface area contributed by atoms with Gasteiger partial charge < -0.3 is 10.6 Å². The smallest absolute Gasteiger partial charge is 0.251 e. The molecule has 23 heavy (non-hydrogen) atoms. The molecule has 4 nitrogen and oxygen atoms in total. The Morgan fingerprint density at radius 1 is 1.04 bits per heavy atom. The molecule has 2 N–H and O–H groups in total. The van der Waals surface area contributed by atoms with Crippen LogP contribution in [0.5, 0.6) is 0 Å². The number of amides is 2. The Labute approximate surface area is 140 Å². The fourth-order valence-electron chi connectivity index (χ4n) is 2.24. The lowest BCUT2D eigenvalue weighted by atomic mass is 10.0. The van der Waals surface area contributed by atoms with Crippen LogP contribution in [0.2, 0.25) is 0 Å². The Bertz CT molecular complexity index is 524. The molecule has 0 aliphatic carbocycles. The largest absolute Gasteiger partial charge is 0.350 e. The molecule has 0 fully saturated rings. The van der Waals surface area contributed by atoms with Crippen molar-refractivity contribution in [1.82, 2.24) is 5.32 Å². The zero-order valence-electron chi connectivity index (χ0n) is 15.0. The van der Waals surface area contributed by atoms with E-state index in [1.807, 2.05) is 20.8 Å². The van der Waals surface area contributed by atoms with Crippen LogP contribution in [0.25, 0.3) is 0 Å². The summed E-state index contributed by atoms with van der Waals surface area (Å²) >= 11 is 0. The third-order valence-electron chi connectivity index (χ3n) is 3.71. The van der Waals surface area contributed by atoms with Gasteiger partial charge in [-0.25, -0.2) is 0 Å². The molecule has 0 aliphatic heterocycles. The van der Waals surface area contributed by atoms with E-state index in [0.717, 1.165) is 12.8 Å². The van der Waals surface area contributed by atoms with Gasteiger partial charge in [-0.05, 0) is 37.5 Å². The van der Waals surface area contributed by atoms with Gasteiger partial charge in [0.15, 0.2) is 0 Å². The van der Waals surface area contributed by atoms with Crippen molar-refractivity contribution < 1.29 is 9.59 Å². The minimum absolute atomic E-state index is 0.0513. The van der Waals surface area contributed by atoms with Crippen LogP contribution in [0.15, 0.2) is 24.3 Å². The average Bonchev–Trinajstić information content (AvgIpc) is 2.46. The maximum absolute atomic E-state index is 12.3. The van der Waals surface area contributed by atoms with Gasteiger partial charge in [-0.3, -0.25) is 9.59 Å². The fourth-order valence-corrected chi connectivity index (χ4v) is 2.24. The summed E-state index contributed by atoms with van der Waals surface area (Å²) in [6.45, 7) is 10.1. The summed E-state index contributed by atoms with van der Waals surface area (Å²) in [6, 6.07) is 7.21. The highest BCUT2D eigenvalue weighted by Crippen LogP contribution is 2.13. The van der Waals surface area contributed by atoms with Crippen LogP contribution >= 0.6 is 0 Å². The number of hydrogen-bond acceptors (Lipinski definition) is 2. The first-order chi connectivity index (χ1) is 10.8. The molecule has 128 valence electrons. The number of carbonyl (C=O) groups is 2. The number of anilines is 1. The van der Waals surface area contributed by atoms with E-state index in [4.69, 9.17) is 0 Å². The third-order valence-corrected chi connectivity index (χ3v) is 3.71. The van der Waals surface area contributed by atoms with Gasteiger partial charge in [0.1, 0.15) is 0 Å². The monoisotopic (exact) mass is 318 g/mol. The van der Waals surface area contributed by atoms with Gasteiger partial charge in [-0.15, -0.1) is 0 Å². The fraction of sp³-hybridized carbons (Fsp3) is 0.579. The van der Waals surface area contributed by atoms with E-state index in [1.165, 1.54) is 6.42 Å². The summed E-state index contributed by atoms with van der Waals surface area (Å²) in [5.74, 6) is 0.458. The van der Waals surface area contributed by atoms with E-state index in [2.05, 4.69) is 24.5 Å². The summed E-state index contributed by atoms with van der Waals surface area (Å²) in [7, 11) is 0. The standard InChI is InChI=1S/C19H30N2O2/c1-13(2)8-6-9-15(5)20-19(23)16-10-7-11-17(12-16)21-18(22)14(3)4/h7,10-15H,6,8-9H2,1-5H3,(H,20,23)(H,21,22). The molecule has 1 atom stereocenters. The highest BCUT2D eigenvalue weighted by Gasteiger charge is 2.12. The van der Waals surface area contributed by atoms with E-state index < -0.39 is 0 Å². The normalized spacial score (nSPS) is 12.3. The second-order valence-electron chi connectivity index (χ2n) is 6.92. The first kappa shape index (κ1) is 19.2. The first-order valence-corrected chi connectivity index (χ1v) is 8.51. The zero-order chi connectivity index (χ0) is 17.4. The molecule has 1 aromatic rings. The van der Waals surface area contributed by atoms with Crippen molar-refractivity contribution in [2.75, 3.05) is 5.32 Å². The molecule has 0 bridgehead atoms. The molecule has 0 aliphatic rings. The Kier molecular flexibility index (Phi) is 7.79. The van der Waals surface area contributed by atoms with E-state index in [-0.39, 0.29) is 23.8 Å². The Morgan fingerprint density at radius 2 is 1.74 bits per heavy atom. The lowest BCUT2D eigenvalue weighted by Gasteiger charge is -2.15.